The highest BCUT2D eigenvalue weighted by Gasteiger charge is 2.25. The van der Waals surface area contributed by atoms with E-state index in [1.54, 1.807) is 6.33 Å². The highest BCUT2D eigenvalue weighted by molar-refractivity contribution is 6.33. The summed E-state index contributed by atoms with van der Waals surface area (Å²) in [6.45, 7) is 2.68. The maximum atomic E-state index is 6.62. The third-order valence-corrected chi connectivity index (χ3v) is 7.44. The molecule has 1 saturated heterocycles. The van der Waals surface area contributed by atoms with E-state index in [4.69, 9.17) is 33.2 Å². The molecule has 0 atom stereocenters. The monoisotopic (exact) mass is 528 g/mol. The smallest absolute Gasteiger partial charge is 0.170 e. The number of benzene rings is 3. The number of halogens is 2. The first-order chi connectivity index (χ1) is 18.2. The Balaban J connectivity index is 1.33. The molecule has 37 heavy (non-hydrogen) atoms. The second-order valence-electron chi connectivity index (χ2n) is 9.22. The van der Waals surface area contributed by atoms with Crippen molar-refractivity contribution in [3.8, 4) is 17.1 Å². The third kappa shape index (κ3) is 4.92. The van der Waals surface area contributed by atoms with Crippen molar-refractivity contribution in [3.63, 3.8) is 0 Å². The van der Waals surface area contributed by atoms with E-state index < -0.39 is 0 Å². The van der Waals surface area contributed by atoms with Gasteiger partial charge in [-0.2, -0.15) is 0 Å². The Labute approximate surface area is 225 Å². The zero-order valence-electron chi connectivity index (χ0n) is 20.2. The van der Waals surface area contributed by atoms with Crippen LogP contribution in [-0.2, 0) is 6.54 Å². The van der Waals surface area contributed by atoms with Crippen molar-refractivity contribution >= 4 is 40.2 Å². The standard InChI is InChI=1S/C29H26Cl2N6/c30-21-10-12-23(13-11-21)37-27(24-8-4-5-9-25(24)31)35-26-28(33-19-34-29(26)37)36-16-14-22(15-17-36)32-18-20-6-2-1-3-7-20/h1-13,19,22,32H,14-18H2. The highest BCUT2D eigenvalue weighted by atomic mass is 35.5. The normalized spacial score (nSPS) is 14.4. The van der Waals surface area contributed by atoms with E-state index in [9.17, 15) is 0 Å². The quantitative estimate of drug-likeness (QED) is 0.271. The molecule has 8 heteroatoms. The van der Waals surface area contributed by atoms with Crippen LogP contribution < -0.4 is 10.2 Å². The second kappa shape index (κ2) is 10.5. The van der Waals surface area contributed by atoms with Gasteiger partial charge < -0.3 is 10.2 Å². The summed E-state index contributed by atoms with van der Waals surface area (Å²) in [6, 6.07) is 26.4. The lowest BCUT2D eigenvalue weighted by Gasteiger charge is -2.33. The number of rotatable bonds is 6. The number of aromatic nitrogens is 4. The second-order valence-corrected chi connectivity index (χ2v) is 10.1. The molecule has 0 bridgehead atoms. The lowest BCUT2D eigenvalue weighted by Crippen LogP contribution is -2.42. The summed E-state index contributed by atoms with van der Waals surface area (Å²) in [6.07, 6.45) is 3.70. The van der Waals surface area contributed by atoms with Crippen LogP contribution in [0.15, 0.2) is 85.2 Å². The van der Waals surface area contributed by atoms with Gasteiger partial charge >= 0.3 is 0 Å². The van der Waals surface area contributed by atoms with E-state index in [0.29, 0.717) is 16.1 Å². The average molecular weight is 529 g/mol. The number of piperidine rings is 1. The van der Waals surface area contributed by atoms with Crippen LogP contribution >= 0.6 is 23.2 Å². The molecular formula is C29H26Cl2N6. The molecule has 3 heterocycles. The largest absolute Gasteiger partial charge is 0.355 e. The van der Waals surface area contributed by atoms with Crippen LogP contribution in [0.1, 0.15) is 18.4 Å². The minimum absolute atomic E-state index is 0.471. The van der Waals surface area contributed by atoms with Gasteiger partial charge in [0.2, 0.25) is 0 Å². The molecule has 0 amide bonds. The van der Waals surface area contributed by atoms with Gasteiger partial charge in [-0.1, -0.05) is 65.7 Å². The molecule has 0 radical (unpaired) electrons. The number of hydrogen-bond acceptors (Lipinski definition) is 5. The minimum Gasteiger partial charge on any atom is -0.355 e. The predicted octanol–water partition coefficient (Wildman–Crippen LogP) is 6.55. The molecule has 3 aromatic carbocycles. The van der Waals surface area contributed by atoms with Gasteiger partial charge in [-0.15, -0.1) is 0 Å². The third-order valence-electron chi connectivity index (χ3n) is 6.86. The number of imidazole rings is 1. The van der Waals surface area contributed by atoms with Gasteiger partial charge in [0.05, 0.1) is 5.02 Å². The van der Waals surface area contributed by atoms with Gasteiger partial charge in [-0.3, -0.25) is 4.57 Å². The Morgan fingerprint density at radius 1 is 0.838 bits per heavy atom. The predicted molar refractivity (Wildman–Crippen MR) is 151 cm³/mol. The molecule has 1 N–H and O–H groups in total. The van der Waals surface area contributed by atoms with Crippen LogP contribution in [0.3, 0.4) is 0 Å². The Bertz CT molecular complexity index is 1510. The summed E-state index contributed by atoms with van der Waals surface area (Å²) in [7, 11) is 0. The van der Waals surface area contributed by atoms with Gasteiger partial charge in [0, 0.05) is 41.9 Å². The van der Waals surface area contributed by atoms with E-state index >= 15 is 0 Å². The summed E-state index contributed by atoms with van der Waals surface area (Å²) in [5, 5.41) is 5.01. The zero-order valence-corrected chi connectivity index (χ0v) is 21.7. The van der Waals surface area contributed by atoms with Gasteiger partial charge in [0.25, 0.3) is 0 Å². The number of nitrogens with zero attached hydrogens (tertiary/aromatic N) is 5. The Morgan fingerprint density at radius 3 is 2.32 bits per heavy atom. The SMILES string of the molecule is Clc1ccc(-n2c(-c3ccccc3Cl)nc3c(N4CCC(NCc5ccccc5)CC4)ncnc32)cc1. The fourth-order valence-corrected chi connectivity index (χ4v) is 5.27. The van der Waals surface area contributed by atoms with Crippen LogP contribution in [0.25, 0.3) is 28.2 Å². The summed E-state index contributed by atoms with van der Waals surface area (Å²) in [5.41, 5.74) is 4.57. The van der Waals surface area contributed by atoms with E-state index in [2.05, 4.69) is 45.5 Å². The number of nitrogens with one attached hydrogen (secondary N) is 1. The molecular weight excluding hydrogens is 503 g/mol. The average Bonchev–Trinajstić information content (AvgIpc) is 3.33. The lowest BCUT2D eigenvalue weighted by molar-refractivity contribution is 0.413. The molecule has 0 spiro atoms. The fourth-order valence-electron chi connectivity index (χ4n) is 4.92. The van der Waals surface area contributed by atoms with E-state index in [-0.39, 0.29) is 0 Å². The van der Waals surface area contributed by atoms with Gasteiger partial charge in [-0.05, 0) is 54.8 Å². The Kier molecular flexibility index (Phi) is 6.79. The van der Waals surface area contributed by atoms with Crippen LogP contribution in [-0.4, -0.2) is 38.7 Å². The molecule has 2 aromatic heterocycles. The van der Waals surface area contributed by atoms with Crippen LogP contribution in [0.5, 0.6) is 0 Å². The van der Waals surface area contributed by atoms with E-state index in [1.165, 1.54) is 5.56 Å². The lowest BCUT2D eigenvalue weighted by atomic mass is 10.0. The van der Waals surface area contributed by atoms with Crippen molar-refractivity contribution in [1.82, 2.24) is 24.8 Å². The topological polar surface area (TPSA) is 58.9 Å². The number of hydrogen-bond donors (Lipinski definition) is 1. The molecule has 186 valence electrons. The molecule has 1 aliphatic heterocycles. The summed E-state index contributed by atoms with van der Waals surface area (Å²) in [5.74, 6) is 1.58. The summed E-state index contributed by atoms with van der Waals surface area (Å²) in [4.78, 5) is 16.8. The van der Waals surface area contributed by atoms with Crippen molar-refractivity contribution in [2.45, 2.75) is 25.4 Å². The van der Waals surface area contributed by atoms with Crippen molar-refractivity contribution < 1.29 is 0 Å². The van der Waals surface area contributed by atoms with E-state index in [1.807, 2.05) is 53.1 Å². The number of anilines is 1. The summed E-state index contributed by atoms with van der Waals surface area (Å²) < 4.78 is 2.03. The fraction of sp³-hybridized carbons (Fsp3) is 0.207. The molecule has 1 aliphatic rings. The van der Waals surface area contributed by atoms with Crippen molar-refractivity contribution in [2.75, 3.05) is 18.0 Å². The minimum atomic E-state index is 0.471. The first-order valence-corrected chi connectivity index (χ1v) is 13.2. The van der Waals surface area contributed by atoms with Crippen molar-refractivity contribution in [3.05, 3.63) is 101 Å². The maximum Gasteiger partial charge on any atom is 0.170 e. The van der Waals surface area contributed by atoms with Gasteiger partial charge in [0.15, 0.2) is 17.0 Å². The molecule has 1 fully saturated rings. The molecule has 0 saturated carbocycles. The van der Waals surface area contributed by atoms with Gasteiger partial charge in [0.1, 0.15) is 12.2 Å². The molecule has 0 unspecified atom stereocenters. The molecule has 0 aliphatic carbocycles. The first-order valence-electron chi connectivity index (χ1n) is 12.4. The zero-order chi connectivity index (χ0) is 25.2. The molecule has 6 nitrogen and oxygen atoms in total. The van der Waals surface area contributed by atoms with E-state index in [0.717, 1.165) is 66.5 Å². The van der Waals surface area contributed by atoms with Crippen LogP contribution in [0.4, 0.5) is 5.82 Å². The summed E-state index contributed by atoms with van der Waals surface area (Å²) >= 11 is 12.8. The van der Waals surface area contributed by atoms with Crippen molar-refractivity contribution in [1.29, 1.82) is 0 Å². The Hall–Kier alpha value is -3.45. The van der Waals surface area contributed by atoms with Gasteiger partial charge in [-0.25, -0.2) is 15.0 Å². The van der Waals surface area contributed by atoms with Crippen LogP contribution in [0, 0.1) is 0 Å². The molecule has 6 rings (SSSR count). The number of fused-ring (bicyclic) bond motifs is 1. The highest BCUT2D eigenvalue weighted by Crippen LogP contribution is 2.35. The molecule has 5 aromatic rings. The Morgan fingerprint density at radius 2 is 1.57 bits per heavy atom. The maximum absolute atomic E-state index is 6.62. The van der Waals surface area contributed by atoms with Crippen molar-refractivity contribution in [2.24, 2.45) is 0 Å². The first kappa shape index (κ1) is 23.9. The van der Waals surface area contributed by atoms with Crippen LogP contribution in [0.2, 0.25) is 10.0 Å².